The van der Waals surface area contributed by atoms with Crippen molar-refractivity contribution in [2.45, 2.75) is 13.0 Å². The van der Waals surface area contributed by atoms with Crippen LogP contribution in [0.15, 0.2) is 29.6 Å². The number of halogens is 1. The fourth-order valence-corrected chi connectivity index (χ4v) is 3.38. The summed E-state index contributed by atoms with van der Waals surface area (Å²) in [5, 5.41) is 6.38. The maximum absolute atomic E-state index is 12.6. The minimum Gasteiger partial charge on any atom is -0.333 e. The third-order valence-electron chi connectivity index (χ3n) is 3.47. The number of piperazine rings is 1. The van der Waals surface area contributed by atoms with Gasteiger partial charge in [-0.05, 0) is 13.0 Å². The van der Waals surface area contributed by atoms with E-state index in [0.717, 1.165) is 30.6 Å². The summed E-state index contributed by atoms with van der Waals surface area (Å²) in [4.78, 5) is 14.6. The number of hydrogen-bond donors (Lipinski definition) is 1. The first kappa shape index (κ1) is 14.3. The standard InChI is InChI=1S/C14H16N2OS.ClH/c1-10-8-15-6-7-16(10)14(17)12-9-18-13-5-3-2-4-11(12)13;/h2-5,9-10,15H,6-8H2,1H3;1H. The topological polar surface area (TPSA) is 32.3 Å². The second-order valence-electron chi connectivity index (χ2n) is 4.70. The number of nitrogens with zero attached hydrogens (tertiary/aromatic N) is 1. The molecule has 3 rings (SSSR count). The highest BCUT2D eigenvalue weighted by Crippen LogP contribution is 2.27. The number of nitrogens with one attached hydrogen (secondary N) is 1. The Labute approximate surface area is 123 Å². The van der Waals surface area contributed by atoms with E-state index in [2.05, 4.69) is 18.3 Å². The molecule has 19 heavy (non-hydrogen) atoms. The lowest BCUT2D eigenvalue weighted by atomic mass is 10.1. The molecule has 0 saturated carbocycles. The number of hydrogen-bond acceptors (Lipinski definition) is 3. The maximum atomic E-state index is 12.6. The van der Waals surface area contributed by atoms with E-state index in [-0.39, 0.29) is 24.4 Å². The molecule has 1 aromatic heterocycles. The third kappa shape index (κ3) is 2.61. The Morgan fingerprint density at radius 2 is 2.21 bits per heavy atom. The van der Waals surface area contributed by atoms with Gasteiger partial charge in [-0.3, -0.25) is 4.79 Å². The first-order valence-electron chi connectivity index (χ1n) is 6.25. The molecule has 0 radical (unpaired) electrons. The zero-order chi connectivity index (χ0) is 12.5. The smallest absolute Gasteiger partial charge is 0.255 e. The summed E-state index contributed by atoms with van der Waals surface area (Å²) >= 11 is 1.64. The van der Waals surface area contributed by atoms with Crippen molar-refractivity contribution in [3.63, 3.8) is 0 Å². The van der Waals surface area contributed by atoms with Crippen LogP contribution in [-0.2, 0) is 0 Å². The fraction of sp³-hybridized carbons (Fsp3) is 0.357. The van der Waals surface area contributed by atoms with E-state index in [1.54, 1.807) is 11.3 Å². The first-order valence-corrected chi connectivity index (χ1v) is 7.13. The molecule has 1 N–H and O–H groups in total. The van der Waals surface area contributed by atoms with Gasteiger partial charge >= 0.3 is 0 Å². The van der Waals surface area contributed by atoms with Crippen LogP contribution in [0.3, 0.4) is 0 Å². The maximum Gasteiger partial charge on any atom is 0.255 e. The summed E-state index contributed by atoms with van der Waals surface area (Å²) in [5.41, 5.74) is 0.851. The fourth-order valence-electron chi connectivity index (χ4n) is 2.44. The Hall–Kier alpha value is -1.10. The van der Waals surface area contributed by atoms with E-state index >= 15 is 0 Å². The highest BCUT2D eigenvalue weighted by molar-refractivity contribution is 7.17. The summed E-state index contributed by atoms with van der Waals surface area (Å²) in [7, 11) is 0. The number of amides is 1. The van der Waals surface area contributed by atoms with Crippen LogP contribution in [0.25, 0.3) is 10.1 Å². The minimum atomic E-state index is 0. The van der Waals surface area contributed by atoms with Gasteiger partial charge in [-0.1, -0.05) is 18.2 Å². The molecular formula is C14H17ClN2OS. The van der Waals surface area contributed by atoms with Crippen molar-refractivity contribution < 1.29 is 4.79 Å². The van der Waals surface area contributed by atoms with E-state index in [0.29, 0.717) is 0 Å². The Morgan fingerprint density at radius 3 is 3.00 bits per heavy atom. The largest absolute Gasteiger partial charge is 0.333 e. The molecule has 2 heterocycles. The Balaban J connectivity index is 0.00000133. The number of benzene rings is 1. The molecule has 1 atom stereocenters. The van der Waals surface area contributed by atoms with Crippen molar-refractivity contribution in [2.24, 2.45) is 0 Å². The summed E-state index contributed by atoms with van der Waals surface area (Å²) in [6.45, 7) is 4.66. The molecule has 3 nitrogen and oxygen atoms in total. The van der Waals surface area contributed by atoms with Crippen LogP contribution < -0.4 is 5.32 Å². The number of thiophene rings is 1. The van der Waals surface area contributed by atoms with Crippen LogP contribution in [0.2, 0.25) is 0 Å². The minimum absolute atomic E-state index is 0. The lowest BCUT2D eigenvalue weighted by molar-refractivity contribution is 0.0658. The van der Waals surface area contributed by atoms with Gasteiger partial charge in [-0.15, -0.1) is 23.7 Å². The van der Waals surface area contributed by atoms with Crippen molar-refractivity contribution >= 4 is 39.7 Å². The van der Waals surface area contributed by atoms with Crippen molar-refractivity contribution in [3.8, 4) is 0 Å². The zero-order valence-electron chi connectivity index (χ0n) is 10.8. The molecule has 1 aliphatic rings. The van der Waals surface area contributed by atoms with Gasteiger partial charge in [0.15, 0.2) is 0 Å². The van der Waals surface area contributed by atoms with E-state index in [1.165, 1.54) is 4.70 Å². The zero-order valence-corrected chi connectivity index (χ0v) is 12.4. The molecule has 0 spiro atoms. The Bertz CT molecular complexity index is 584. The van der Waals surface area contributed by atoms with Gasteiger partial charge in [-0.2, -0.15) is 0 Å². The predicted molar refractivity (Wildman–Crippen MR) is 82.4 cm³/mol. The van der Waals surface area contributed by atoms with E-state index < -0.39 is 0 Å². The van der Waals surface area contributed by atoms with Crippen LogP contribution in [0.4, 0.5) is 0 Å². The second kappa shape index (κ2) is 5.90. The number of rotatable bonds is 1. The molecule has 1 saturated heterocycles. The monoisotopic (exact) mass is 296 g/mol. The van der Waals surface area contributed by atoms with Crippen LogP contribution in [0.5, 0.6) is 0 Å². The van der Waals surface area contributed by atoms with E-state index in [9.17, 15) is 4.79 Å². The molecule has 0 bridgehead atoms. The highest BCUT2D eigenvalue weighted by atomic mass is 35.5. The van der Waals surface area contributed by atoms with Crippen molar-refractivity contribution in [1.29, 1.82) is 0 Å². The third-order valence-corrected chi connectivity index (χ3v) is 4.44. The van der Waals surface area contributed by atoms with Gasteiger partial charge in [-0.25, -0.2) is 0 Å². The molecule has 1 amide bonds. The van der Waals surface area contributed by atoms with Crippen LogP contribution in [0, 0.1) is 0 Å². The molecule has 102 valence electrons. The molecular weight excluding hydrogens is 280 g/mol. The van der Waals surface area contributed by atoms with Crippen LogP contribution in [-0.4, -0.2) is 36.5 Å². The molecule has 1 aliphatic heterocycles. The van der Waals surface area contributed by atoms with Crippen LogP contribution in [0.1, 0.15) is 17.3 Å². The molecule has 0 aliphatic carbocycles. The van der Waals surface area contributed by atoms with Crippen molar-refractivity contribution in [3.05, 3.63) is 35.2 Å². The van der Waals surface area contributed by atoms with Crippen molar-refractivity contribution in [2.75, 3.05) is 19.6 Å². The summed E-state index contributed by atoms with van der Waals surface area (Å²) in [5.74, 6) is 0.168. The van der Waals surface area contributed by atoms with Gasteiger partial charge in [0, 0.05) is 41.1 Å². The summed E-state index contributed by atoms with van der Waals surface area (Å²) in [6, 6.07) is 8.38. The molecule has 1 aromatic carbocycles. The van der Waals surface area contributed by atoms with Gasteiger partial charge in [0.2, 0.25) is 0 Å². The average Bonchev–Trinajstić information content (AvgIpc) is 2.82. The Kier molecular flexibility index (Phi) is 4.45. The molecule has 2 aromatic rings. The quantitative estimate of drug-likeness (QED) is 0.877. The number of carbonyl (C=O) groups is 1. The van der Waals surface area contributed by atoms with Gasteiger partial charge in [0.1, 0.15) is 0 Å². The van der Waals surface area contributed by atoms with Gasteiger partial charge in [0.05, 0.1) is 5.56 Å². The summed E-state index contributed by atoms with van der Waals surface area (Å²) < 4.78 is 1.18. The number of fused-ring (bicyclic) bond motifs is 1. The molecule has 5 heteroatoms. The SMILES string of the molecule is CC1CNCCN1C(=O)c1csc2ccccc12.Cl. The molecule has 1 fully saturated rings. The van der Waals surface area contributed by atoms with Gasteiger partial charge < -0.3 is 10.2 Å². The van der Waals surface area contributed by atoms with E-state index in [4.69, 9.17) is 0 Å². The lowest BCUT2D eigenvalue weighted by Gasteiger charge is -2.33. The average molecular weight is 297 g/mol. The van der Waals surface area contributed by atoms with Crippen molar-refractivity contribution in [1.82, 2.24) is 10.2 Å². The summed E-state index contributed by atoms with van der Waals surface area (Å²) in [6.07, 6.45) is 0. The lowest BCUT2D eigenvalue weighted by Crippen LogP contribution is -2.52. The highest BCUT2D eigenvalue weighted by Gasteiger charge is 2.25. The first-order chi connectivity index (χ1) is 8.77. The van der Waals surface area contributed by atoms with Crippen LogP contribution >= 0.6 is 23.7 Å². The second-order valence-corrected chi connectivity index (χ2v) is 5.61. The molecule has 1 unspecified atom stereocenters. The Morgan fingerprint density at radius 1 is 1.42 bits per heavy atom. The van der Waals surface area contributed by atoms with Gasteiger partial charge in [0.25, 0.3) is 5.91 Å². The number of carbonyl (C=O) groups excluding carboxylic acids is 1. The normalized spacial score (nSPS) is 19.2. The predicted octanol–water partition coefficient (Wildman–Crippen LogP) is 2.76. The van der Waals surface area contributed by atoms with E-state index in [1.807, 2.05) is 28.5 Å².